The van der Waals surface area contributed by atoms with E-state index >= 15 is 0 Å². The number of guanidine groups is 1. The summed E-state index contributed by atoms with van der Waals surface area (Å²) in [5.41, 5.74) is 1.21. The molecule has 3 rings (SSSR count). The molecular weight excluding hydrogens is 493 g/mol. The van der Waals surface area contributed by atoms with Gasteiger partial charge in [0, 0.05) is 46.6 Å². The zero-order valence-electron chi connectivity index (χ0n) is 18.0. The molecule has 7 heteroatoms. The van der Waals surface area contributed by atoms with Crippen LogP contribution >= 0.6 is 24.0 Å². The zero-order valence-corrected chi connectivity index (χ0v) is 20.3. The monoisotopic (exact) mass is 527 g/mol. The number of nitrogens with zero attached hydrogens (tertiary/aromatic N) is 1. The van der Waals surface area contributed by atoms with Gasteiger partial charge in [0.25, 0.3) is 0 Å². The summed E-state index contributed by atoms with van der Waals surface area (Å²) >= 11 is 0. The van der Waals surface area contributed by atoms with Crippen LogP contribution in [0.5, 0.6) is 5.75 Å². The van der Waals surface area contributed by atoms with Crippen LogP contribution in [-0.2, 0) is 16.0 Å². The Hall–Kier alpha value is -1.58. The average Bonchev–Trinajstić information content (AvgIpc) is 2.78. The maximum Gasteiger partial charge on any atom is 0.191 e. The van der Waals surface area contributed by atoms with Crippen molar-refractivity contribution in [2.75, 3.05) is 47.1 Å². The highest BCUT2D eigenvalue weighted by atomic mass is 127. The molecule has 2 aromatic carbocycles. The molecule has 6 nitrogen and oxygen atoms in total. The molecule has 0 aliphatic carbocycles. The Morgan fingerprint density at radius 2 is 1.87 bits per heavy atom. The van der Waals surface area contributed by atoms with Crippen molar-refractivity contribution in [3.8, 4) is 5.75 Å². The lowest BCUT2D eigenvalue weighted by molar-refractivity contribution is 0.0203. The number of hydrogen-bond donors (Lipinski definition) is 2. The van der Waals surface area contributed by atoms with Crippen molar-refractivity contribution in [3.05, 3.63) is 42.0 Å². The van der Waals surface area contributed by atoms with Gasteiger partial charge in [0.05, 0.1) is 7.11 Å². The summed E-state index contributed by atoms with van der Waals surface area (Å²) in [6.45, 7) is 4.94. The molecule has 0 unspecified atom stereocenters. The summed E-state index contributed by atoms with van der Waals surface area (Å²) in [7, 11) is 3.49. The van der Waals surface area contributed by atoms with E-state index in [0.717, 1.165) is 70.5 Å². The molecule has 1 aliphatic heterocycles. The standard InChI is InChI=1S/C23H33N3O3.HI/c1-24-23(25-10-3-11-29-17-18-8-12-28-13-9-18)26-16-19-4-5-21-15-22(27-2)7-6-20(21)14-19;/h4-7,14-15,18H,3,8-13,16-17H2,1-2H3,(H2,24,25,26);1H. The number of ether oxygens (including phenoxy) is 3. The number of rotatable bonds is 9. The Labute approximate surface area is 196 Å². The molecule has 1 saturated heterocycles. The van der Waals surface area contributed by atoms with Crippen molar-refractivity contribution in [1.82, 2.24) is 10.6 Å². The molecule has 0 saturated carbocycles. The Bertz CT molecular complexity index is 794. The first kappa shape index (κ1) is 24.7. The van der Waals surface area contributed by atoms with E-state index < -0.39 is 0 Å². The van der Waals surface area contributed by atoms with E-state index in [1.165, 1.54) is 16.3 Å². The topological polar surface area (TPSA) is 64.1 Å². The Kier molecular flexibility index (Phi) is 11.2. The molecule has 2 N–H and O–H groups in total. The molecule has 2 aromatic rings. The van der Waals surface area contributed by atoms with Gasteiger partial charge in [-0.2, -0.15) is 0 Å². The van der Waals surface area contributed by atoms with Gasteiger partial charge in [-0.1, -0.05) is 18.2 Å². The van der Waals surface area contributed by atoms with E-state index in [1.807, 2.05) is 6.07 Å². The molecule has 0 aromatic heterocycles. The van der Waals surface area contributed by atoms with Crippen molar-refractivity contribution in [3.63, 3.8) is 0 Å². The van der Waals surface area contributed by atoms with E-state index in [9.17, 15) is 0 Å². The summed E-state index contributed by atoms with van der Waals surface area (Å²) < 4.78 is 16.5. The van der Waals surface area contributed by atoms with Gasteiger partial charge in [-0.3, -0.25) is 4.99 Å². The number of benzene rings is 2. The van der Waals surface area contributed by atoms with Gasteiger partial charge in [-0.25, -0.2) is 0 Å². The quantitative estimate of drug-likeness (QED) is 0.224. The summed E-state index contributed by atoms with van der Waals surface area (Å²) in [5.74, 6) is 2.35. The van der Waals surface area contributed by atoms with Gasteiger partial charge in [-0.15, -0.1) is 24.0 Å². The fourth-order valence-electron chi connectivity index (χ4n) is 3.46. The highest BCUT2D eigenvalue weighted by Gasteiger charge is 2.13. The molecule has 0 atom stereocenters. The number of nitrogens with one attached hydrogen (secondary N) is 2. The van der Waals surface area contributed by atoms with Gasteiger partial charge in [-0.05, 0) is 59.7 Å². The minimum atomic E-state index is 0. The van der Waals surface area contributed by atoms with Gasteiger partial charge in [0.1, 0.15) is 5.75 Å². The third kappa shape index (κ3) is 7.92. The zero-order chi connectivity index (χ0) is 20.3. The summed E-state index contributed by atoms with van der Waals surface area (Å²) in [5, 5.41) is 9.11. The van der Waals surface area contributed by atoms with Crippen molar-refractivity contribution in [1.29, 1.82) is 0 Å². The molecule has 0 amide bonds. The van der Waals surface area contributed by atoms with E-state index in [4.69, 9.17) is 14.2 Å². The van der Waals surface area contributed by atoms with Crippen molar-refractivity contribution < 1.29 is 14.2 Å². The molecule has 0 radical (unpaired) electrons. The normalized spacial score (nSPS) is 14.9. The summed E-state index contributed by atoms with van der Waals surface area (Å²) in [6, 6.07) is 12.6. The Balaban J connectivity index is 0.00000320. The largest absolute Gasteiger partial charge is 0.497 e. The van der Waals surface area contributed by atoms with Crippen LogP contribution in [0.25, 0.3) is 10.8 Å². The highest BCUT2D eigenvalue weighted by Crippen LogP contribution is 2.21. The van der Waals surface area contributed by atoms with Crippen LogP contribution in [0.15, 0.2) is 41.4 Å². The maximum absolute atomic E-state index is 5.81. The molecular formula is C23H34IN3O3. The maximum atomic E-state index is 5.81. The fourth-order valence-corrected chi connectivity index (χ4v) is 3.46. The van der Waals surface area contributed by atoms with Crippen LogP contribution in [0.1, 0.15) is 24.8 Å². The second kappa shape index (κ2) is 13.7. The van der Waals surface area contributed by atoms with Crippen LogP contribution in [0.2, 0.25) is 0 Å². The highest BCUT2D eigenvalue weighted by molar-refractivity contribution is 14.0. The SMILES string of the molecule is CN=C(NCCCOCC1CCOCC1)NCc1ccc2cc(OC)ccc2c1.I. The molecule has 1 heterocycles. The lowest BCUT2D eigenvalue weighted by Crippen LogP contribution is -2.37. The first-order chi connectivity index (χ1) is 14.3. The minimum absolute atomic E-state index is 0. The molecule has 0 bridgehead atoms. The number of methoxy groups -OCH3 is 1. The molecule has 1 aliphatic rings. The molecule has 30 heavy (non-hydrogen) atoms. The van der Waals surface area contributed by atoms with Crippen LogP contribution in [-0.4, -0.2) is 53.1 Å². The first-order valence-electron chi connectivity index (χ1n) is 10.4. The molecule has 166 valence electrons. The molecule has 0 spiro atoms. The van der Waals surface area contributed by atoms with E-state index in [2.05, 4.69) is 46.0 Å². The first-order valence-corrected chi connectivity index (χ1v) is 10.4. The van der Waals surface area contributed by atoms with Crippen molar-refractivity contribution in [2.24, 2.45) is 10.9 Å². The van der Waals surface area contributed by atoms with Gasteiger partial charge in [0.2, 0.25) is 0 Å². The Morgan fingerprint density at radius 1 is 1.10 bits per heavy atom. The second-order valence-corrected chi connectivity index (χ2v) is 7.38. The summed E-state index contributed by atoms with van der Waals surface area (Å²) in [6.07, 6.45) is 3.20. The predicted molar refractivity (Wildman–Crippen MR) is 133 cm³/mol. The van der Waals surface area contributed by atoms with Crippen molar-refractivity contribution >= 4 is 40.7 Å². The smallest absolute Gasteiger partial charge is 0.191 e. The third-order valence-corrected chi connectivity index (χ3v) is 5.25. The van der Waals surface area contributed by atoms with E-state index in [1.54, 1.807) is 14.2 Å². The van der Waals surface area contributed by atoms with Gasteiger partial charge < -0.3 is 24.8 Å². The summed E-state index contributed by atoms with van der Waals surface area (Å²) in [4.78, 5) is 4.30. The van der Waals surface area contributed by atoms with Gasteiger partial charge >= 0.3 is 0 Å². The van der Waals surface area contributed by atoms with Crippen LogP contribution in [0, 0.1) is 5.92 Å². The minimum Gasteiger partial charge on any atom is -0.497 e. The lowest BCUT2D eigenvalue weighted by atomic mass is 10.0. The number of hydrogen-bond acceptors (Lipinski definition) is 4. The van der Waals surface area contributed by atoms with E-state index in [-0.39, 0.29) is 24.0 Å². The number of halogens is 1. The number of fused-ring (bicyclic) bond motifs is 1. The third-order valence-electron chi connectivity index (χ3n) is 5.25. The van der Waals surface area contributed by atoms with Crippen LogP contribution in [0.3, 0.4) is 0 Å². The van der Waals surface area contributed by atoms with Crippen molar-refractivity contribution in [2.45, 2.75) is 25.8 Å². The molecule has 1 fully saturated rings. The van der Waals surface area contributed by atoms with Crippen LogP contribution in [0.4, 0.5) is 0 Å². The van der Waals surface area contributed by atoms with Crippen LogP contribution < -0.4 is 15.4 Å². The number of aliphatic imine (C=N–C) groups is 1. The predicted octanol–water partition coefficient (Wildman–Crippen LogP) is 3.96. The van der Waals surface area contributed by atoms with Gasteiger partial charge in [0.15, 0.2) is 5.96 Å². The fraction of sp³-hybridized carbons (Fsp3) is 0.522. The second-order valence-electron chi connectivity index (χ2n) is 7.38. The average molecular weight is 527 g/mol. The lowest BCUT2D eigenvalue weighted by Gasteiger charge is -2.21. The van der Waals surface area contributed by atoms with E-state index in [0.29, 0.717) is 5.92 Å². The Morgan fingerprint density at radius 3 is 2.63 bits per heavy atom.